The van der Waals surface area contributed by atoms with Crippen molar-refractivity contribution in [2.75, 3.05) is 19.3 Å². The number of rotatable bonds is 3. The topological polar surface area (TPSA) is 80.5 Å². The van der Waals surface area contributed by atoms with Gasteiger partial charge in [0.05, 0.1) is 6.26 Å². The molecule has 132 valence electrons. The van der Waals surface area contributed by atoms with Crippen LogP contribution in [0.1, 0.15) is 24.6 Å². The monoisotopic (exact) mass is 489 g/mol. The van der Waals surface area contributed by atoms with E-state index in [0.717, 1.165) is 37.8 Å². The summed E-state index contributed by atoms with van der Waals surface area (Å²) in [5.74, 6) is 0.764. The van der Waals surface area contributed by atoms with Crippen molar-refractivity contribution in [1.29, 1.82) is 0 Å². The Balaban J connectivity index is 1.71. The lowest BCUT2D eigenvalue weighted by atomic mass is 9.99. The van der Waals surface area contributed by atoms with Crippen LogP contribution in [-0.2, 0) is 10.0 Å². The molecule has 1 aliphatic heterocycles. The minimum Gasteiger partial charge on any atom is -0.213 e. The van der Waals surface area contributed by atoms with Gasteiger partial charge in [0.2, 0.25) is 15.0 Å². The summed E-state index contributed by atoms with van der Waals surface area (Å²) in [5.41, 5.74) is 1.07. The predicted molar refractivity (Wildman–Crippen MR) is 105 cm³/mol. The van der Waals surface area contributed by atoms with Gasteiger partial charge in [0.1, 0.15) is 5.01 Å². The number of fused-ring (bicyclic) bond motifs is 1. The lowest BCUT2D eigenvalue weighted by Crippen LogP contribution is -2.38. The van der Waals surface area contributed by atoms with Crippen LogP contribution in [0, 0.1) is 3.57 Å². The normalized spacial score (nSPS) is 19.5. The minimum atomic E-state index is -3.19. The first kappa shape index (κ1) is 17.3. The van der Waals surface area contributed by atoms with Gasteiger partial charge in [-0.2, -0.15) is 9.61 Å². The summed E-state index contributed by atoms with van der Waals surface area (Å²) in [6.07, 6.45) is 2.97. The highest BCUT2D eigenvalue weighted by molar-refractivity contribution is 14.1. The van der Waals surface area contributed by atoms with Gasteiger partial charge in [-0.3, -0.25) is 0 Å². The number of piperidine rings is 1. The predicted octanol–water partition coefficient (Wildman–Crippen LogP) is 2.60. The van der Waals surface area contributed by atoms with E-state index in [1.54, 1.807) is 4.52 Å². The summed E-state index contributed by atoms with van der Waals surface area (Å²) in [4.78, 5) is 0.737. The number of benzene rings is 1. The zero-order valence-electron chi connectivity index (χ0n) is 13.5. The van der Waals surface area contributed by atoms with Crippen molar-refractivity contribution in [3.8, 4) is 10.6 Å². The van der Waals surface area contributed by atoms with E-state index in [2.05, 4.69) is 32.8 Å². The SMILES string of the molecule is CS(=O)(=O)N1CCCC(c2nnc3sc(-c4ccccc4I)nn23)C1. The van der Waals surface area contributed by atoms with Crippen LogP contribution in [0.2, 0.25) is 0 Å². The molecule has 0 aliphatic carbocycles. The van der Waals surface area contributed by atoms with Gasteiger partial charge in [-0.25, -0.2) is 12.7 Å². The molecule has 1 saturated heterocycles. The van der Waals surface area contributed by atoms with Crippen molar-refractivity contribution in [3.05, 3.63) is 33.7 Å². The maximum absolute atomic E-state index is 11.9. The van der Waals surface area contributed by atoms with Crippen molar-refractivity contribution in [1.82, 2.24) is 24.1 Å². The molecule has 1 aliphatic rings. The average Bonchev–Trinajstić information content (AvgIpc) is 3.15. The molecule has 1 atom stereocenters. The van der Waals surface area contributed by atoms with E-state index in [4.69, 9.17) is 5.10 Å². The van der Waals surface area contributed by atoms with Crippen LogP contribution < -0.4 is 0 Å². The van der Waals surface area contributed by atoms with Crippen molar-refractivity contribution in [3.63, 3.8) is 0 Å². The second-order valence-electron chi connectivity index (χ2n) is 6.10. The standard InChI is InChI=1S/C15H16IN5O2S2/c1-25(22,23)20-8-4-5-10(9-20)13-17-18-15-21(13)19-14(24-15)11-6-2-3-7-12(11)16/h2-3,6-7,10H,4-5,8-9H2,1H3. The first-order valence-corrected chi connectivity index (χ1v) is 11.6. The number of aromatic nitrogens is 4. The molecule has 0 saturated carbocycles. The van der Waals surface area contributed by atoms with E-state index in [-0.39, 0.29) is 5.92 Å². The number of halogens is 1. The molecule has 1 fully saturated rings. The highest BCUT2D eigenvalue weighted by atomic mass is 127. The molecule has 4 rings (SSSR count). The lowest BCUT2D eigenvalue weighted by Gasteiger charge is -2.29. The van der Waals surface area contributed by atoms with Crippen LogP contribution in [0.5, 0.6) is 0 Å². The van der Waals surface area contributed by atoms with Crippen molar-refractivity contribution in [2.45, 2.75) is 18.8 Å². The zero-order chi connectivity index (χ0) is 17.6. The molecule has 3 aromatic rings. The number of hydrogen-bond donors (Lipinski definition) is 0. The van der Waals surface area contributed by atoms with Gasteiger partial charge in [-0.05, 0) is 41.5 Å². The molecular weight excluding hydrogens is 473 g/mol. The molecule has 0 spiro atoms. The molecule has 7 nitrogen and oxygen atoms in total. The Bertz CT molecular complexity index is 1030. The second-order valence-corrected chi connectivity index (χ2v) is 10.2. The Kier molecular flexibility index (Phi) is 4.54. The Hall–Kier alpha value is -1.11. The number of nitrogens with zero attached hydrogens (tertiary/aromatic N) is 5. The van der Waals surface area contributed by atoms with E-state index in [9.17, 15) is 8.42 Å². The first-order chi connectivity index (χ1) is 11.9. The van der Waals surface area contributed by atoms with Crippen LogP contribution in [0.3, 0.4) is 0 Å². The Morgan fingerprint density at radius 1 is 1.28 bits per heavy atom. The molecule has 0 N–H and O–H groups in total. The average molecular weight is 489 g/mol. The molecule has 0 amide bonds. The lowest BCUT2D eigenvalue weighted by molar-refractivity contribution is 0.309. The summed E-state index contributed by atoms with van der Waals surface area (Å²) < 4.78 is 28.2. The van der Waals surface area contributed by atoms with Crippen molar-refractivity contribution < 1.29 is 8.42 Å². The van der Waals surface area contributed by atoms with E-state index in [1.165, 1.54) is 21.9 Å². The molecule has 1 aromatic carbocycles. The van der Waals surface area contributed by atoms with Crippen molar-refractivity contribution >= 4 is 48.9 Å². The Morgan fingerprint density at radius 3 is 2.84 bits per heavy atom. The largest absolute Gasteiger partial charge is 0.234 e. The fourth-order valence-electron chi connectivity index (χ4n) is 3.08. The fraction of sp³-hybridized carbons (Fsp3) is 0.400. The van der Waals surface area contributed by atoms with E-state index >= 15 is 0 Å². The molecule has 10 heteroatoms. The van der Waals surface area contributed by atoms with Gasteiger partial charge in [0, 0.05) is 28.1 Å². The van der Waals surface area contributed by atoms with Gasteiger partial charge in [-0.15, -0.1) is 10.2 Å². The summed E-state index contributed by atoms with van der Waals surface area (Å²) in [6.45, 7) is 1.01. The quantitative estimate of drug-likeness (QED) is 0.529. The Labute approximate surface area is 163 Å². The van der Waals surface area contributed by atoms with E-state index in [1.807, 2.05) is 24.3 Å². The highest BCUT2D eigenvalue weighted by Crippen LogP contribution is 2.32. The third-order valence-corrected chi connectivity index (χ3v) is 7.48. The summed E-state index contributed by atoms with van der Waals surface area (Å²) in [6, 6.07) is 8.08. The van der Waals surface area contributed by atoms with Gasteiger partial charge >= 0.3 is 0 Å². The summed E-state index contributed by atoms with van der Waals surface area (Å²) in [5, 5.41) is 14.1. The molecule has 0 bridgehead atoms. The van der Waals surface area contributed by atoms with Gasteiger partial charge in [0.25, 0.3) is 0 Å². The maximum atomic E-state index is 11.9. The van der Waals surface area contributed by atoms with Crippen LogP contribution in [-0.4, -0.2) is 51.9 Å². The number of hydrogen-bond acceptors (Lipinski definition) is 6. The summed E-state index contributed by atoms with van der Waals surface area (Å²) >= 11 is 3.80. The van der Waals surface area contributed by atoms with Crippen LogP contribution in [0.25, 0.3) is 15.5 Å². The molecule has 3 heterocycles. The highest BCUT2D eigenvalue weighted by Gasteiger charge is 2.30. The fourth-order valence-corrected chi connectivity index (χ4v) is 5.71. The van der Waals surface area contributed by atoms with Gasteiger partial charge in [-0.1, -0.05) is 29.5 Å². The molecule has 25 heavy (non-hydrogen) atoms. The second kappa shape index (κ2) is 6.56. The summed E-state index contributed by atoms with van der Waals surface area (Å²) in [7, 11) is -3.19. The smallest absolute Gasteiger partial charge is 0.213 e. The van der Waals surface area contributed by atoms with Crippen molar-refractivity contribution in [2.24, 2.45) is 0 Å². The molecule has 0 radical (unpaired) electrons. The third-order valence-electron chi connectivity index (χ3n) is 4.34. The van der Waals surface area contributed by atoms with Crippen LogP contribution in [0.4, 0.5) is 0 Å². The molecular formula is C15H16IN5O2S2. The molecule has 2 aromatic heterocycles. The van der Waals surface area contributed by atoms with Gasteiger partial charge < -0.3 is 0 Å². The molecule has 1 unspecified atom stereocenters. The first-order valence-electron chi connectivity index (χ1n) is 7.85. The Morgan fingerprint density at radius 2 is 2.08 bits per heavy atom. The van der Waals surface area contributed by atoms with Crippen LogP contribution in [0.15, 0.2) is 24.3 Å². The van der Waals surface area contributed by atoms with Gasteiger partial charge in [0.15, 0.2) is 5.82 Å². The minimum absolute atomic E-state index is 0.0169. The van der Waals surface area contributed by atoms with Crippen LogP contribution >= 0.6 is 33.9 Å². The maximum Gasteiger partial charge on any atom is 0.234 e. The zero-order valence-corrected chi connectivity index (χ0v) is 17.3. The number of sulfonamides is 1. The van der Waals surface area contributed by atoms with E-state index in [0.29, 0.717) is 13.1 Å². The van der Waals surface area contributed by atoms with E-state index < -0.39 is 10.0 Å². The third kappa shape index (κ3) is 3.32.